The Bertz CT molecular complexity index is 834. The number of carboxylic acid groups (broad SMARTS) is 1. The van der Waals surface area contributed by atoms with E-state index in [1.807, 2.05) is 6.92 Å². The van der Waals surface area contributed by atoms with E-state index in [0.717, 1.165) is 12.0 Å². The number of hydrogen-bond acceptors (Lipinski definition) is 3. The Kier molecular flexibility index (Phi) is 7.37. The van der Waals surface area contributed by atoms with E-state index in [-0.39, 0.29) is 28.8 Å². The van der Waals surface area contributed by atoms with Gasteiger partial charge in [0.25, 0.3) is 5.91 Å². The van der Waals surface area contributed by atoms with Gasteiger partial charge in [0.05, 0.1) is 16.1 Å². The van der Waals surface area contributed by atoms with E-state index in [1.54, 1.807) is 30.3 Å². The molecule has 2 aromatic rings. The average molecular weight is 389 g/mol. The highest BCUT2D eigenvalue weighted by atomic mass is 35.5. The van der Waals surface area contributed by atoms with Crippen molar-refractivity contribution in [2.24, 2.45) is 0 Å². The summed E-state index contributed by atoms with van der Waals surface area (Å²) >= 11 is 6.14. The maximum atomic E-state index is 12.1. The van der Waals surface area contributed by atoms with Gasteiger partial charge in [-0.15, -0.1) is 0 Å². The molecule has 0 spiro atoms. The van der Waals surface area contributed by atoms with Crippen molar-refractivity contribution >= 4 is 35.1 Å². The predicted octanol–water partition coefficient (Wildman–Crippen LogP) is 3.75. The van der Waals surface area contributed by atoms with Crippen molar-refractivity contribution in [2.45, 2.75) is 26.2 Å². The van der Waals surface area contributed by atoms with Crippen molar-refractivity contribution in [2.75, 3.05) is 11.9 Å². The van der Waals surface area contributed by atoms with E-state index in [9.17, 15) is 14.4 Å². The Hall–Kier alpha value is -2.86. The zero-order valence-corrected chi connectivity index (χ0v) is 15.7. The number of aryl methyl sites for hydroxylation is 1. The number of hydrogen-bond donors (Lipinski definition) is 3. The van der Waals surface area contributed by atoms with E-state index in [1.165, 1.54) is 12.1 Å². The fourth-order valence-electron chi connectivity index (χ4n) is 2.41. The summed E-state index contributed by atoms with van der Waals surface area (Å²) in [6.07, 6.45) is 1.55. The molecule has 0 saturated carbocycles. The van der Waals surface area contributed by atoms with Gasteiger partial charge in [0.15, 0.2) is 0 Å². The lowest BCUT2D eigenvalue weighted by Crippen LogP contribution is -2.24. The van der Waals surface area contributed by atoms with Crippen molar-refractivity contribution < 1.29 is 19.5 Å². The minimum absolute atomic E-state index is 0.198. The van der Waals surface area contributed by atoms with E-state index < -0.39 is 5.97 Å². The Morgan fingerprint density at radius 2 is 1.78 bits per heavy atom. The molecule has 2 amide bonds. The highest BCUT2D eigenvalue weighted by Gasteiger charge is 2.11. The third kappa shape index (κ3) is 6.11. The zero-order valence-electron chi connectivity index (χ0n) is 14.9. The molecule has 142 valence electrons. The maximum Gasteiger partial charge on any atom is 0.335 e. The molecule has 0 aliphatic carbocycles. The van der Waals surface area contributed by atoms with Crippen LogP contribution < -0.4 is 10.6 Å². The first-order chi connectivity index (χ1) is 12.9. The van der Waals surface area contributed by atoms with E-state index in [0.29, 0.717) is 24.2 Å². The van der Waals surface area contributed by atoms with Crippen LogP contribution in [0, 0.1) is 0 Å². The highest BCUT2D eigenvalue weighted by molar-refractivity contribution is 6.34. The third-order valence-corrected chi connectivity index (χ3v) is 4.19. The first-order valence-corrected chi connectivity index (χ1v) is 8.98. The number of aromatic carboxylic acids is 1. The topological polar surface area (TPSA) is 95.5 Å². The molecule has 0 saturated heterocycles. The highest BCUT2D eigenvalue weighted by Crippen LogP contribution is 2.21. The van der Waals surface area contributed by atoms with Crippen LogP contribution in [0.25, 0.3) is 0 Å². The van der Waals surface area contributed by atoms with Gasteiger partial charge in [0.1, 0.15) is 0 Å². The van der Waals surface area contributed by atoms with Crippen LogP contribution in [-0.2, 0) is 11.2 Å². The summed E-state index contributed by atoms with van der Waals surface area (Å²) in [7, 11) is 0. The second-order valence-electron chi connectivity index (χ2n) is 6.00. The molecule has 0 atom stereocenters. The normalized spacial score (nSPS) is 10.3. The molecule has 0 radical (unpaired) electrons. The first-order valence-electron chi connectivity index (χ1n) is 8.60. The smallest absolute Gasteiger partial charge is 0.335 e. The summed E-state index contributed by atoms with van der Waals surface area (Å²) in [5, 5.41) is 14.6. The molecule has 0 heterocycles. The van der Waals surface area contributed by atoms with Gasteiger partial charge >= 0.3 is 5.97 Å². The standard InChI is InChI=1S/C20H21ClN2O4/c1-2-11-22-19(25)16-9-8-15(12-17(16)21)23-18(24)10-5-13-3-6-14(7-4-13)20(26)27/h3-4,6-9,12H,2,5,10-11H2,1H3,(H,22,25)(H,23,24)(H,26,27). The molecule has 27 heavy (non-hydrogen) atoms. The Labute approximate surface area is 162 Å². The molecule has 0 aliphatic heterocycles. The molecule has 0 fully saturated rings. The summed E-state index contributed by atoms with van der Waals surface area (Å²) in [5.74, 6) is -1.43. The van der Waals surface area contributed by atoms with Crippen molar-refractivity contribution in [1.82, 2.24) is 5.32 Å². The number of rotatable bonds is 8. The van der Waals surface area contributed by atoms with Crippen LogP contribution in [-0.4, -0.2) is 29.4 Å². The number of nitrogens with one attached hydrogen (secondary N) is 2. The molecule has 3 N–H and O–H groups in total. The quantitative estimate of drug-likeness (QED) is 0.641. The van der Waals surface area contributed by atoms with E-state index in [2.05, 4.69) is 10.6 Å². The Morgan fingerprint density at radius 1 is 1.07 bits per heavy atom. The monoisotopic (exact) mass is 388 g/mol. The average Bonchev–Trinajstić information content (AvgIpc) is 2.65. The van der Waals surface area contributed by atoms with E-state index in [4.69, 9.17) is 16.7 Å². The number of anilines is 1. The molecule has 7 heteroatoms. The number of carbonyl (C=O) groups is 3. The van der Waals surface area contributed by atoms with Crippen molar-refractivity contribution in [3.05, 3.63) is 64.2 Å². The molecule has 0 aliphatic rings. The summed E-state index contributed by atoms with van der Waals surface area (Å²) in [6.45, 7) is 2.53. The molecule has 2 rings (SSSR count). The van der Waals surface area contributed by atoms with Crippen LogP contribution in [0.4, 0.5) is 5.69 Å². The molecule has 2 aromatic carbocycles. The molecular formula is C20H21ClN2O4. The Morgan fingerprint density at radius 3 is 2.37 bits per heavy atom. The third-order valence-electron chi connectivity index (χ3n) is 3.87. The maximum absolute atomic E-state index is 12.1. The van der Waals surface area contributed by atoms with Crippen LogP contribution in [0.5, 0.6) is 0 Å². The van der Waals surface area contributed by atoms with Gasteiger partial charge in [0.2, 0.25) is 5.91 Å². The fourth-order valence-corrected chi connectivity index (χ4v) is 2.67. The molecule has 0 aromatic heterocycles. The summed E-state index contributed by atoms with van der Waals surface area (Å²) < 4.78 is 0. The predicted molar refractivity (Wildman–Crippen MR) is 104 cm³/mol. The van der Waals surface area contributed by atoms with Gasteiger partial charge in [-0.2, -0.15) is 0 Å². The minimum atomic E-state index is -0.983. The van der Waals surface area contributed by atoms with Crippen molar-refractivity contribution in [3.8, 4) is 0 Å². The second kappa shape index (κ2) is 9.73. The van der Waals surface area contributed by atoms with Crippen LogP contribution in [0.2, 0.25) is 5.02 Å². The lowest BCUT2D eigenvalue weighted by atomic mass is 10.1. The largest absolute Gasteiger partial charge is 0.478 e. The second-order valence-corrected chi connectivity index (χ2v) is 6.41. The molecular weight excluding hydrogens is 368 g/mol. The van der Waals surface area contributed by atoms with Gasteiger partial charge in [-0.3, -0.25) is 9.59 Å². The number of benzene rings is 2. The summed E-state index contributed by atoms with van der Waals surface area (Å²) in [6, 6.07) is 11.2. The van der Waals surface area contributed by atoms with Gasteiger partial charge in [-0.05, 0) is 48.7 Å². The molecule has 6 nitrogen and oxygen atoms in total. The summed E-state index contributed by atoms with van der Waals surface area (Å²) in [5.41, 5.74) is 1.96. The van der Waals surface area contributed by atoms with Gasteiger partial charge in [0, 0.05) is 18.7 Å². The number of carboxylic acids is 1. The van der Waals surface area contributed by atoms with Gasteiger partial charge in [-0.1, -0.05) is 30.7 Å². The molecule has 0 unspecified atom stereocenters. The minimum Gasteiger partial charge on any atom is -0.478 e. The van der Waals surface area contributed by atoms with E-state index >= 15 is 0 Å². The van der Waals surface area contributed by atoms with Crippen LogP contribution in [0.15, 0.2) is 42.5 Å². The van der Waals surface area contributed by atoms with Crippen LogP contribution in [0.1, 0.15) is 46.0 Å². The van der Waals surface area contributed by atoms with Crippen molar-refractivity contribution in [3.63, 3.8) is 0 Å². The number of amides is 2. The zero-order chi connectivity index (χ0) is 19.8. The van der Waals surface area contributed by atoms with Crippen LogP contribution in [0.3, 0.4) is 0 Å². The first kappa shape index (κ1) is 20.5. The fraction of sp³-hybridized carbons (Fsp3) is 0.250. The number of carbonyl (C=O) groups excluding carboxylic acids is 2. The summed E-state index contributed by atoms with van der Waals surface area (Å²) in [4.78, 5) is 34.9. The lowest BCUT2D eigenvalue weighted by molar-refractivity contribution is -0.116. The van der Waals surface area contributed by atoms with Gasteiger partial charge in [-0.25, -0.2) is 4.79 Å². The van der Waals surface area contributed by atoms with Gasteiger partial charge < -0.3 is 15.7 Å². The molecule has 0 bridgehead atoms. The van der Waals surface area contributed by atoms with Crippen molar-refractivity contribution in [1.29, 1.82) is 0 Å². The SMILES string of the molecule is CCCNC(=O)c1ccc(NC(=O)CCc2ccc(C(=O)O)cc2)cc1Cl. The van der Waals surface area contributed by atoms with Crippen LogP contribution >= 0.6 is 11.6 Å². The number of halogens is 1. The lowest BCUT2D eigenvalue weighted by Gasteiger charge is -2.09. The Balaban J connectivity index is 1.90.